The molecular formula is C17H16N8O4. The lowest BCUT2D eigenvalue weighted by atomic mass is 10.3. The zero-order valence-corrected chi connectivity index (χ0v) is 15.2. The fourth-order valence-corrected chi connectivity index (χ4v) is 2.66. The predicted octanol–water partition coefficient (Wildman–Crippen LogP) is 0.0870. The Hall–Kier alpha value is -4.22. The minimum Gasteiger partial charge on any atom is -0.466 e. The highest BCUT2D eigenvalue weighted by atomic mass is 16.6. The van der Waals surface area contributed by atoms with Gasteiger partial charge in [-0.25, -0.2) is 29.5 Å². The molecule has 0 saturated heterocycles. The molecule has 4 rings (SSSR count). The highest BCUT2D eigenvalue weighted by Gasteiger charge is 2.16. The van der Waals surface area contributed by atoms with Gasteiger partial charge in [0.1, 0.15) is 5.52 Å². The summed E-state index contributed by atoms with van der Waals surface area (Å²) in [6.07, 6.45) is 4.74. The number of nitrogens with two attached hydrogens (primary N) is 1. The molecule has 29 heavy (non-hydrogen) atoms. The number of nitrogens with one attached hydrogen (secondary N) is 2. The third-order valence-corrected chi connectivity index (χ3v) is 4.06. The van der Waals surface area contributed by atoms with Crippen LogP contribution >= 0.6 is 0 Å². The van der Waals surface area contributed by atoms with Crippen LogP contribution in [0.15, 0.2) is 35.5 Å². The molecule has 0 fully saturated rings. The van der Waals surface area contributed by atoms with Crippen LogP contribution in [0.4, 0.5) is 5.82 Å². The van der Waals surface area contributed by atoms with Gasteiger partial charge in [-0.15, -0.1) is 0 Å². The van der Waals surface area contributed by atoms with Crippen LogP contribution < -0.4 is 16.2 Å². The number of hydrogen-bond donors (Lipinski definition) is 3. The molecule has 4 heterocycles. The van der Waals surface area contributed by atoms with Crippen molar-refractivity contribution in [2.45, 2.75) is 6.54 Å². The third kappa shape index (κ3) is 3.63. The number of carbonyl (C=O) groups excluding carboxylic acids is 1. The minimum absolute atomic E-state index is 0.141. The van der Waals surface area contributed by atoms with Crippen LogP contribution in [-0.4, -0.2) is 54.2 Å². The molecule has 0 amide bonds. The number of imidazole rings is 2. The van der Waals surface area contributed by atoms with Crippen molar-refractivity contribution < 1.29 is 14.3 Å². The highest BCUT2D eigenvalue weighted by molar-refractivity contribution is 5.83. The summed E-state index contributed by atoms with van der Waals surface area (Å²) in [6.45, 7) is -0.0479. The van der Waals surface area contributed by atoms with Gasteiger partial charge < -0.3 is 25.2 Å². The molecule has 0 atom stereocenters. The Labute approximate surface area is 162 Å². The van der Waals surface area contributed by atoms with Crippen molar-refractivity contribution >= 4 is 23.0 Å². The smallest absolute Gasteiger partial charge is 0.343 e. The summed E-state index contributed by atoms with van der Waals surface area (Å²) in [5.41, 5.74) is 7.01. The van der Waals surface area contributed by atoms with E-state index in [1.54, 1.807) is 24.5 Å². The van der Waals surface area contributed by atoms with Crippen LogP contribution in [0.25, 0.3) is 22.8 Å². The number of esters is 1. The quantitative estimate of drug-likeness (QED) is 0.383. The summed E-state index contributed by atoms with van der Waals surface area (Å²) in [4.78, 5) is 46.0. The van der Waals surface area contributed by atoms with Crippen molar-refractivity contribution in [1.29, 1.82) is 0 Å². The first-order valence-electron chi connectivity index (χ1n) is 8.45. The number of nitrogen functional groups attached to an aromatic ring is 1. The van der Waals surface area contributed by atoms with E-state index < -0.39 is 5.97 Å². The van der Waals surface area contributed by atoms with Crippen LogP contribution in [0.5, 0.6) is 5.88 Å². The summed E-state index contributed by atoms with van der Waals surface area (Å²) in [6, 6.07) is 3.32. The standard InChI is InChI=1S/C17H16N8O4/c1-28-11(26)8-29-10-3-2-9(6-21-10)7-25-16-12(22-17(25)27)13(18)23-15(24-16)14-19-4-5-20-14/h2-6H,7-8H2,1H3,(H,19,20)(H,22,27)(H2,18,23,24). The monoisotopic (exact) mass is 396 g/mol. The van der Waals surface area contributed by atoms with Gasteiger partial charge in [0.25, 0.3) is 0 Å². The summed E-state index contributed by atoms with van der Waals surface area (Å²) >= 11 is 0. The van der Waals surface area contributed by atoms with Gasteiger partial charge in [-0.2, -0.15) is 0 Å². The molecule has 0 aliphatic heterocycles. The molecule has 12 heteroatoms. The second-order valence-electron chi connectivity index (χ2n) is 5.95. The summed E-state index contributed by atoms with van der Waals surface area (Å²) < 4.78 is 11.1. The van der Waals surface area contributed by atoms with Crippen LogP contribution in [0.1, 0.15) is 5.56 Å². The van der Waals surface area contributed by atoms with Gasteiger partial charge in [-0.1, -0.05) is 6.07 Å². The van der Waals surface area contributed by atoms with Gasteiger partial charge in [0, 0.05) is 24.7 Å². The number of aromatic nitrogens is 7. The van der Waals surface area contributed by atoms with E-state index in [9.17, 15) is 9.59 Å². The Kier molecular flexibility index (Phi) is 4.65. The fourth-order valence-electron chi connectivity index (χ4n) is 2.66. The Morgan fingerprint density at radius 3 is 2.83 bits per heavy atom. The van der Waals surface area contributed by atoms with Crippen molar-refractivity contribution in [1.82, 2.24) is 34.5 Å². The molecule has 4 aromatic rings. The Morgan fingerprint density at radius 1 is 1.28 bits per heavy atom. The second-order valence-corrected chi connectivity index (χ2v) is 5.95. The van der Waals surface area contributed by atoms with Crippen LogP contribution in [0.2, 0.25) is 0 Å². The average molecular weight is 396 g/mol. The van der Waals surface area contributed by atoms with E-state index >= 15 is 0 Å². The molecule has 4 N–H and O–H groups in total. The first-order valence-corrected chi connectivity index (χ1v) is 8.45. The first-order chi connectivity index (χ1) is 14.0. The number of hydrogen-bond acceptors (Lipinski definition) is 9. The maximum atomic E-state index is 12.4. The van der Waals surface area contributed by atoms with E-state index in [4.69, 9.17) is 10.5 Å². The summed E-state index contributed by atoms with van der Waals surface area (Å²) in [5.74, 6) is 0.606. The van der Waals surface area contributed by atoms with Crippen LogP contribution in [0.3, 0.4) is 0 Å². The minimum atomic E-state index is -0.508. The molecule has 0 radical (unpaired) electrons. The number of methoxy groups -OCH3 is 1. The van der Waals surface area contributed by atoms with E-state index in [-0.39, 0.29) is 36.4 Å². The number of fused-ring (bicyclic) bond motifs is 1. The molecule has 12 nitrogen and oxygen atoms in total. The SMILES string of the molecule is COC(=O)COc1ccc(Cn2c(=O)[nH]c3c(N)nc(-c4ncc[nH]4)nc32)cn1. The maximum absolute atomic E-state index is 12.4. The van der Waals surface area contributed by atoms with E-state index in [1.165, 1.54) is 17.9 Å². The van der Waals surface area contributed by atoms with Gasteiger partial charge in [-0.3, -0.25) is 4.57 Å². The van der Waals surface area contributed by atoms with Gasteiger partial charge in [-0.05, 0) is 5.56 Å². The number of pyridine rings is 1. The number of ether oxygens (including phenoxy) is 2. The lowest BCUT2D eigenvalue weighted by Crippen LogP contribution is -2.18. The molecule has 4 aromatic heterocycles. The number of H-pyrrole nitrogens is 2. The predicted molar refractivity (Wildman–Crippen MR) is 101 cm³/mol. The molecule has 0 unspecified atom stereocenters. The van der Waals surface area contributed by atoms with E-state index in [2.05, 4.69) is 34.6 Å². The molecule has 0 aliphatic carbocycles. The van der Waals surface area contributed by atoms with Crippen LogP contribution in [-0.2, 0) is 16.1 Å². The Balaban J connectivity index is 1.63. The number of carbonyl (C=O) groups is 1. The molecule has 0 bridgehead atoms. The summed E-state index contributed by atoms with van der Waals surface area (Å²) in [5, 5.41) is 0. The van der Waals surface area contributed by atoms with Crippen LogP contribution in [0, 0.1) is 0 Å². The van der Waals surface area contributed by atoms with Gasteiger partial charge in [0.15, 0.2) is 29.7 Å². The molecule has 0 saturated carbocycles. The Morgan fingerprint density at radius 2 is 2.14 bits per heavy atom. The van der Waals surface area contributed by atoms with Gasteiger partial charge in [0.2, 0.25) is 5.88 Å². The molecule has 0 aromatic carbocycles. The number of anilines is 1. The fraction of sp³-hybridized carbons (Fsp3) is 0.176. The lowest BCUT2D eigenvalue weighted by Gasteiger charge is -2.06. The highest BCUT2D eigenvalue weighted by Crippen LogP contribution is 2.19. The van der Waals surface area contributed by atoms with E-state index in [1.807, 2.05) is 0 Å². The number of rotatable bonds is 6. The number of aromatic amines is 2. The molecule has 148 valence electrons. The molecular weight excluding hydrogens is 380 g/mol. The second kappa shape index (κ2) is 7.42. The largest absolute Gasteiger partial charge is 0.466 e. The average Bonchev–Trinajstić information content (AvgIpc) is 3.37. The van der Waals surface area contributed by atoms with Crippen molar-refractivity contribution in [3.8, 4) is 17.5 Å². The van der Waals surface area contributed by atoms with Gasteiger partial charge >= 0.3 is 11.7 Å². The van der Waals surface area contributed by atoms with Crippen molar-refractivity contribution in [3.63, 3.8) is 0 Å². The molecule has 0 spiro atoms. The topological polar surface area (TPSA) is 167 Å². The zero-order valence-electron chi connectivity index (χ0n) is 15.2. The van der Waals surface area contributed by atoms with E-state index in [0.717, 1.165) is 5.56 Å². The van der Waals surface area contributed by atoms with Crippen molar-refractivity contribution in [2.24, 2.45) is 0 Å². The van der Waals surface area contributed by atoms with Gasteiger partial charge in [0.05, 0.1) is 13.7 Å². The third-order valence-electron chi connectivity index (χ3n) is 4.06. The first kappa shape index (κ1) is 18.2. The van der Waals surface area contributed by atoms with Crippen molar-refractivity contribution in [3.05, 3.63) is 46.8 Å². The molecule has 0 aliphatic rings. The number of nitrogens with zero attached hydrogens (tertiary/aromatic N) is 5. The normalized spacial score (nSPS) is 10.9. The van der Waals surface area contributed by atoms with Crippen molar-refractivity contribution in [2.75, 3.05) is 19.5 Å². The van der Waals surface area contributed by atoms with E-state index in [0.29, 0.717) is 17.0 Å². The zero-order chi connectivity index (χ0) is 20.4. The summed E-state index contributed by atoms with van der Waals surface area (Å²) in [7, 11) is 1.27. The Bertz CT molecular complexity index is 1210. The maximum Gasteiger partial charge on any atom is 0.343 e. The lowest BCUT2D eigenvalue weighted by molar-refractivity contribution is -0.143.